The summed E-state index contributed by atoms with van der Waals surface area (Å²) in [4.78, 5) is 27.9. The number of aryl methyl sites for hydroxylation is 1. The first-order valence-electron chi connectivity index (χ1n) is 6.86. The number of nitrogens with zero attached hydrogens (tertiary/aromatic N) is 1. The highest BCUT2D eigenvalue weighted by Crippen LogP contribution is 2.21. The minimum atomic E-state index is -0.515. The molecule has 0 fully saturated rings. The number of hydrogen-bond donors (Lipinski definition) is 3. The van der Waals surface area contributed by atoms with Crippen molar-refractivity contribution in [2.75, 3.05) is 0 Å². The summed E-state index contributed by atoms with van der Waals surface area (Å²) in [5, 5.41) is 3.43. The Morgan fingerprint density at radius 3 is 2.78 bits per heavy atom. The second-order valence-corrected chi connectivity index (χ2v) is 5.84. The molecule has 2 heterocycles. The Hall–Kier alpha value is -2.87. The third-order valence-corrected chi connectivity index (χ3v) is 4.17. The molecule has 7 nitrogen and oxygen atoms in total. The molecule has 3 rings (SSSR count). The van der Waals surface area contributed by atoms with E-state index in [2.05, 4.69) is 21.2 Å². The molecule has 0 saturated carbocycles. The van der Waals surface area contributed by atoms with E-state index in [4.69, 9.17) is 4.42 Å². The molecule has 0 unspecified atom stereocenters. The van der Waals surface area contributed by atoms with Gasteiger partial charge in [0, 0.05) is 0 Å². The molecule has 3 amide bonds. The lowest BCUT2D eigenvalue weighted by Crippen LogP contribution is -2.46. The van der Waals surface area contributed by atoms with E-state index in [0.29, 0.717) is 11.3 Å². The van der Waals surface area contributed by atoms with Gasteiger partial charge in [0.25, 0.3) is 5.91 Å². The molecule has 0 radical (unpaired) electrons. The first-order valence-corrected chi connectivity index (χ1v) is 7.68. The molecule has 0 atom stereocenters. The van der Waals surface area contributed by atoms with Crippen molar-refractivity contribution in [2.24, 2.45) is 0 Å². The molecule has 0 aliphatic rings. The van der Waals surface area contributed by atoms with Crippen LogP contribution in [0.2, 0.25) is 0 Å². The normalized spacial score (nSPS) is 10.5. The number of rotatable bonds is 3. The molecule has 0 bridgehead atoms. The van der Waals surface area contributed by atoms with E-state index in [1.807, 2.05) is 24.3 Å². The molecule has 0 saturated heterocycles. The number of furan rings is 1. The maximum Gasteiger partial charge on any atom is 0.333 e. The number of thiazole rings is 1. The summed E-state index contributed by atoms with van der Waals surface area (Å²) in [5.74, 6) is 0.0468. The SMILES string of the molecule is Cc1occc1C(=O)NNC(=O)NCc1nc2ccccc2s1. The number of carbonyl (C=O) groups excluding carboxylic acids is 2. The van der Waals surface area contributed by atoms with E-state index in [1.165, 1.54) is 23.7 Å². The van der Waals surface area contributed by atoms with Gasteiger partial charge in [0.1, 0.15) is 10.8 Å². The van der Waals surface area contributed by atoms with Crippen molar-refractivity contribution in [3.8, 4) is 0 Å². The van der Waals surface area contributed by atoms with Crippen LogP contribution < -0.4 is 16.2 Å². The first kappa shape index (κ1) is 15.0. The predicted molar refractivity (Wildman–Crippen MR) is 85.9 cm³/mol. The summed E-state index contributed by atoms with van der Waals surface area (Å²) >= 11 is 1.51. The second-order valence-electron chi connectivity index (χ2n) is 4.73. The van der Waals surface area contributed by atoms with Crippen LogP contribution in [0.4, 0.5) is 4.79 Å². The van der Waals surface area contributed by atoms with Gasteiger partial charge in [-0.05, 0) is 25.1 Å². The van der Waals surface area contributed by atoms with Crippen molar-refractivity contribution in [1.82, 2.24) is 21.2 Å². The predicted octanol–water partition coefficient (Wildman–Crippen LogP) is 2.34. The summed E-state index contributed by atoms with van der Waals surface area (Å²) in [5.41, 5.74) is 5.87. The molecular weight excluding hydrogens is 316 g/mol. The van der Waals surface area contributed by atoms with Crippen LogP contribution in [-0.2, 0) is 6.54 Å². The standard InChI is InChI=1S/C15H14N4O3S/c1-9-10(6-7-22-9)14(20)18-19-15(21)16-8-13-17-11-4-2-3-5-12(11)23-13/h2-7H,8H2,1H3,(H,18,20)(H2,16,19,21). The van der Waals surface area contributed by atoms with E-state index in [0.717, 1.165) is 15.2 Å². The van der Waals surface area contributed by atoms with Crippen molar-refractivity contribution in [2.45, 2.75) is 13.5 Å². The molecule has 1 aromatic carbocycles. The summed E-state index contributed by atoms with van der Waals surface area (Å²) in [6.07, 6.45) is 1.41. The molecule has 3 N–H and O–H groups in total. The van der Waals surface area contributed by atoms with Crippen LogP contribution in [-0.4, -0.2) is 16.9 Å². The van der Waals surface area contributed by atoms with Gasteiger partial charge in [0.2, 0.25) is 0 Å². The lowest BCUT2D eigenvalue weighted by Gasteiger charge is -2.07. The number of urea groups is 1. The van der Waals surface area contributed by atoms with Crippen molar-refractivity contribution in [1.29, 1.82) is 0 Å². The number of hydrogen-bond acceptors (Lipinski definition) is 5. The second kappa shape index (κ2) is 6.49. The van der Waals surface area contributed by atoms with Gasteiger partial charge < -0.3 is 9.73 Å². The van der Waals surface area contributed by atoms with Crippen LogP contribution >= 0.6 is 11.3 Å². The Bertz CT molecular complexity index is 822. The van der Waals surface area contributed by atoms with E-state index in [9.17, 15) is 9.59 Å². The molecule has 2 aromatic heterocycles. The highest BCUT2D eigenvalue weighted by atomic mass is 32.1. The zero-order valence-electron chi connectivity index (χ0n) is 12.3. The minimum absolute atomic E-state index is 0.284. The Morgan fingerprint density at radius 1 is 1.22 bits per heavy atom. The van der Waals surface area contributed by atoms with Gasteiger partial charge in [-0.25, -0.2) is 15.2 Å². The molecule has 23 heavy (non-hydrogen) atoms. The minimum Gasteiger partial charge on any atom is -0.469 e. The Labute approximate surface area is 135 Å². The number of hydrazine groups is 1. The van der Waals surface area contributed by atoms with Gasteiger partial charge in [-0.15, -0.1) is 11.3 Å². The van der Waals surface area contributed by atoms with E-state index >= 15 is 0 Å². The quantitative estimate of drug-likeness (QED) is 0.642. The largest absolute Gasteiger partial charge is 0.469 e. The van der Waals surface area contributed by atoms with E-state index in [1.54, 1.807) is 6.92 Å². The number of carbonyl (C=O) groups is 2. The van der Waals surface area contributed by atoms with Crippen molar-refractivity contribution in [3.63, 3.8) is 0 Å². The van der Waals surface area contributed by atoms with Gasteiger partial charge in [-0.2, -0.15) is 0 Å². The Balaban J connectivity index is 1.50. The van der Waals surface area contributed by atoms with Crippen LogP contribution in [0.15, 0.2) is 41.0 Å². The van der Waals surface area contributed by atoms with Crippen molar-refractivity contribution < 1.29 is 14.0 Å². The maximum absolute atomic E-state index is 11.8. The van der Waals surface area contributed by atoms with Gasteiger partial charge in [0.15, 0.2) is 0 Å². The fourth-order valence-corrected chi connectivity index (χ4v) is 2.90. The van der Waals surface area contributed by atoms with Crippen LogP contribution in [0, 0.1) is 6.92 Å². The molecule has 118 valence electrons. The summed E-state index contributed by atoms with van der Waals surface area (Å²) in [7, 11) is 0. The van der Waals surface area contributed by atoms with Gasteiger partial charge in [-0.3, -0.25) is 10.2 Å². The number of benzene rings is 1. The van der Waals surface area contributed by atoms with Crippen LogP contribution in [0.3, 0.4) is 0 Å². The van der Waals surface area contributed by atoms with E-state index in [-0.39, 0.29) is 6.54 Å². The van der Waals surface area contributed by atoms with Gasteiger partial charge >= 0.3 is 6.03 Å². The Morgan fingerprint density at radius 2 is 2.04 bits per heavy atom. The number of amides is 3. The summed E-state index contributed by atoms with van der Waals surface area (Å²) in [6.45, 7) is 1.95. The van der Waals surface area contributed by atoms with Gasteiger partial charge in [0.05, 0.1) is 28.6 Å². The zero-order valence-corrected chi connectivity index (χ0v) is 13.1. The van der Waals surface area contributed by atoms with Crippen molar-refractivity contribution in [3.05, 3.63) is 52.9 Å². The summed E-state index contributed by atoms with van der Waals surface area (Å²) < 4.78 is 6.09. The molecule has 0 spiro atoms. The lowest BCUT2D eigenvalue weighted by molar-refractivity contribution is 0.0934. The topological polar surface area (TPSA) is 96.3 Å². The zero-order chi connectivity index (χ0) is 16.2. The molecule has 0 aliphatic heterocycles. The molecule has 0 aliphatic carbocycles. The molecule has 3 aromatic rings. The van der Waals surface area contributed by atoms with Crippen molar-refractivity contribution >= 4 is 33.5 Å². The highest BCUT2D eigenvalue weighted by Gasteiger charge is 2.12. The van der Waals surface area contributed by atoms with Crippen LogP contribution in [0.25, 0.3) is 10.2 Å². The highest BCUT2D eigenvalue weighted by molar-refractivity contribution is 7.18. The van der Waals surface area contributed by atoms with Crippen LogP contribution in [0.5, 0.6) is 0 Å². The Kier molecular flexibility index (Phi) is 4.24. The number of fused-ring (bicyclic) bond motifs is 1. The molecular formula is C15H14N4O3S. The lowest BCUT2D eigenvalue weighted by atomic mass is 10.2. The summed E-state index contributed by atoms with van der Waals surface area (Å²) in [6, 6.07) is 8.77. The maximum atomic E-state index is 11.8. The number of para-hydroxylation sites is 1. The number of nitrogens with one attached hydrogen (secondary N) is 3. The fourth-order valence-electron chi connectivity index (χ4n) is 2.00. The third kappa shape index (κ3) is 3.49. The first-order chi connectivity index (χ1) is 11.1. The third-order valence-electron chi connectivity index (χ3n) is 3.13. The van der Waals surface area contributed by atoms with Crippen LogP contribution in [0.1, 0.15) is 21.1 Å². The monoisotopic (exact) mass is 330 g/mol. The molecule has 8 heteroatoms. The van der Waals surface area contributed by atoms with E-state index < -0.39 is 11.9 Å². The average molecular weight is 330 g/mol. The smallest absolute Gasteiger partial charge is 0.333 e. The fraction of sp³-hybridized carbons (Fsp3) is 0.133. The van der Waals surface area contributed by atoms with Gasteiger partial charge in [-0.1, -0.05) is 12.1 Å². The average Bonchev–Trinajstić information content (AvgIpc) is 3.16. The number of aromatic nitrogens is 1.